The number of anilines is 1. The summed E-state index contributed by atoms with van der Waals surface area (Å²) in [5, 5.41) is 6.27. The van der Waals surface area contributed by atoms with E-state index in [2.05, 4.69) is 10.5 Å². The highest BCUT2D eigenvalue weighted by molar-refractivity contribution is 6.24. The van der Waals surface area contributed by atoms with Gasteiger partial charge in [-0.3, -0.25) is 9.59 Å². The van der Waals surface area contributed by atoms with Gasteiger partial charge in [0.2, 0.25) is 6.79 Å². The maximum atomic E-state index is 13.0. The van der Waals surface area contributed by atoms with Crippen molar-refractivity contribution in [1.82, 2.24) is 5.43 Å². The van der Waals surface area contributed by atoms with Gasteiger partial charge in [0, 0.05) is 22.1 Å². The molecule has 2 amide bonds. The third kappa shape index (κ3) is 3.67. The Hall–Kier alpha value is -4.65. The molecule has 172 valence electrons. The second kappa shape index (κ2) is 8.29. The molecule has 0 bridgehead atoms. The summed E-state index contributed by atoms with van der Waals surface area (Å²) < 4.78 is 10.7. The fourth-order valence-electron chi connectivity index (χ4n) is 4.47. The summed E-state index contributed by atoms with van der Waals surface area (Å²) in [6.07, 6.45) is 0. The predicted octanol–water partition coefficient (Wildman–Crippen LogP) is 4.88. The van der Waals surface area contributed by atoms with Crippen molar-refractivity contribution in [1.29, 1.82) is 0 Å². The molecule has 0 fully saturated rings. The van der Waals surface area contributed by atoms with Crippen LogP contribution >= 0.6 is 0 Å². The van der Waals surface area contributed by atoms with E-state index in [0.717, 1.165) is 33.2 Å². The minimum Gasteiger partial charge on any atom is -0.454 e. The predicted molar refractivity (Wildman–Crippen MR) is 133 cm³/mol. The Balaban J connectivity index is 1.15. The molecule has 35 heavy (non-hydrogen) atoms. The van der Waals surface area contributed by atoms with Gasteiger partial charge in [0.25, 0.3) is 11.8 Å². The van der Waals surface area contributed by atoms with E-state index in [1.165, 1.54) is 0 Å². The fraction of sp³-hybridized carbons (Fsp3) is 0.107. The average molecular weight is 463 g/mol. The maximum absolute atomic E-state index is 13.0. The van der Waals surface area contributed by atoms with Crippen LogP contribution in [0.1, 0.15) is 38.8 Å². The minimum absolute atomic E-state index is 0.00745. The molecule has 0 aromatic heterocycles. The molecule has 2 aliphatic heterocycles. The van der Waals surface area contributed by atoms with Gasteiger partial charge < -0.3 is 14.4 Å². The van der Waals surface area contributed by atoms with Crippen molar-refractivity contribution in [3.05, 3.63) is 101 Å². The summed E-state index contributed by atoms with van der Waals surface area (Å²) in [7, 11) is 0. The lowest BCUT2D eigenvalue weighted by molar-refractivity contribution is 0.0953. The van der Waals surface area contributed by atoms with Crippen LogP contribution in [0.3, 0.4) is 0 Å². The van der Waals surface area contributed by atoms with Crippen LogP contribution in [0.25, 0.3) is 10.8 Å². The van der Waals surface area contributed by atoms with E-state index in [4.69, 9.17) is 9.47 Å². The molecule has 0 spiro atoms. The SMILES string of the molecule is CC(=NNC(=O)c1ccc(CN2C(=O)c3cccc4cccc2c34)cc1)c1ccc2c(c1)OCO2. The van der Waals surface area contributed by atoms with Crippen molar-refractivity contribution in [2.45, 2.75) is 13.5 Å². The van der Waals surface area contributed by atoms with Gasteiger partial charge in [0.15, 0.2) is 11.5 Å². The smallest absolute Gasteiger partial charge is 0.271 e. The molecule has 7 heteroatoms. The molecule has 1 N–H and O–H groups in total. The zero-order valence-corrected chi connectivity index (χ0v) is 18.9. The highest BCUT2D eigenvalue weighted by Crippen LogP contribution is 2.38. The molecule has 7 nitrogen and oxygen atoms in total. The Kier molecular flexibility index (Phi) is 4.95. The minimum atomic E-state index is -0.314. The number of benzene rings is 4. The standard InChI is InChI=1S/C28H21N3O4/c1-17(21-12-13-24-25(14-21)35-16-34-24)29-30-27(32)20-10-8-18(9-11-20)15-31-23-7-3-5-19-4-2-6-22(26(19)23)28(31)33/h2-14H,15-16H2,1H3,(H,30,32). The zero-order valence-electron chi connectivity index (χ0n) is 18.9. The van der Waals surface area contributed by atoms with Crippen molar-refractivity contribution < 1.29 is 19.1 Å². The lowest BCUT2D eigenvalue weighted by Gasteiger charge is -2.18. The molecule has 2 heterocycles. The Labute approximate surface area is 201 Å². The molecule has 4 aromatic rings. The van der Waals surface area contributed by atoms with Crippen LogP contribution in [0.4, 0.5) is 5.69 Å². The summed E-state index contributed by atoms with van der Waals surface area (Å²) in [6, 6.07) is 24.5. The number of hydrazone groups is 1. The Morgan fingerprint density at radius 2 is 1.69 bits per heavy atom. The van der Waals surface area contributed by atoms with E-state index >= 15 is 0 Å². The molecule has 0 aliphatic carbocycles. The number of hydrogen-bond donors (Lipinski definition) is 1. The third-order valence-electron chi connectivity index (χ3n) is 6.32. The molecule has 2 aliphatic rings. The molecule has 0 atom stereocenters. The molecule has 0 unspecified atom stereocenters. The lowest BCUT2D eigenvalue weighted by atomic mass is 10.1. The fourth-order valence-corrected chi connectivity index (χ4v) is 4.47. The first-order chi connectivity index (χ1) is 17.1. The Morgan fingerprint density at radius 3 is 2.51 bits per heavy atom. The van der Waals surface area contributed by atoms with Crippen molar-refractivity contribution >= 4 is 34.0 Å². The van der Waals surface area contributed by atoms with Crippen LogP contribution < -0.4 is 19.8 Å². The molecular weight excluding hydrogens is 442 g/mol. The molecular formula is C28H21N3O4. The molecule has 0 saturated heterocycles. The zero-order chi connectivity index (χ0) is 23.9. The lowest BCUT2D eigenvalue weighted by Crippen LogP contribution is -2.26. The number of rotatable bonds is 5. The second-order valence-corrected chi connectivity index (χ2v) is 8.48. The highest BCUT2D eigenvalue weighted by Gasteiger charge is 2.29. The Bertz CT molecular complexity index is 1520. The first kappa shape index (κ1) is 20.9. The topological polar surface area (TPSA) is 80.2 Å². The van der Waals surface area contributed by atoms with E-state index in [-0.39, 0.29) is 18.6 Å². The number of hydrogen-bond acceptors (Lipinski definition) is 5. The average Bonchev–Trinajstić information content (AvgIpc) is 3.47. The van der Waals surface area contributed by atoms with Gasteiger partial charge in [-0.1, -0.05) is 36.4 Å². The number of nitrogens with one attached hydrogen (secondary N) is 1. The molecule has 0 saturated carbocycles. The van der Waals surface area contributed by atoms with E-state index in [0.29, 0.717) is 29.3 Å². The number of ether oxygens (including phenoxy) is 2. The maximum Gasteiger partial charge on any atom is 0.271 e. The van der Waals surface area contributed by atoms with Gasteiger partial charge in [-0.15, -0.1) is 0 Å². The van der Waals surface area contributed by atoms with Crippen LogP contribution in [-0.4, -0.2) is 24.3 Å². The van der Waals surface area contributed by atoms with Crippen LogP contribution in [0, 0.1) is 0 Å². The normalized spacial score (nSPS) is 14.0. The van der Waals surface area contributed by atoms with E-state index in [1.807, 2.05) is 73.7 Å². The largest absolute Gasteiger partial charge is 0.454 e. The molecule has 6 rings (SSSR count). The van der Waals surface area contributed by atoms with Crippen molar-refractivity contribution in [3.8, 4) is 11.5 Å². The van der Waals surface area contributed by atoms with Crippen LogP contribution in [0.5, 0.6) is 11.5 Å². The van der Waals surface area contributed by atoms with Crippen molar-refractivity contribution in [2.75, 3.05) is 11.7 Å². The van der Waals surface area contributed by atoms with E-state index in [1.54, 1.807) is 17.0 Å². The Morgan fingerprint density at radius 1 is 0.943 bits per heavy atom. The van der Waals surface area contributed by atoms with Gasteiger partial charge >= 0.3 is 0 Å². The van der Waals surface area contributed by atoms with E-state index < -0.39 is 0 Å². The summed E-state index contributed by atoms with van der Waals surface area (Å²) in [5.74, 6) is 1.04. The van der Waals surface area contributed by atoms with Crippen LogP contribution in [0.15, 0.2) is 84.0 Å². The number of fused-ring (bicyclic) bond motifs is 1. The number of amides is 2. The second-order valence-electron chi connectivity index (χ2n) is 8.48. The summed E-state index contributed by atoms with van der Waals surface area (Å²) in [4.78, 5) is 27.4. The van der Waals surface area contributed by atoms with Gasteiger partial charge in [-0.05, 0) is 60.3 Å². The van der Waals surface area contributed by atoms with Gasteiger partial charge in [0.05, 0.1) is 17.9 Å². The van der Waals surface area contributed by atoms with Gasteiger partial charge in [-0.2, -0.15) is 5.10 Å². The third-order valence-corrected chi connectivity index (χ3v) is 6.32. The summed E-state index contributed by atoms with van der Waals surface area (Å²) in [6.45, 7) is 2.44. The van der Waals surface area contributed by atoms with E-state index in [9.17, 15) is 9.59 Å². The number of carbonyl (C=O) groups excluding carboxylic acids is 2. The summed E-state index contributed by atoms with van der Waals surface area (Å²) in [5.41, 5.74) is 7.13. The van der Waals surface area contributed by atoms with Crippen molar-refractivity contribution in [3.63, 3.8) is 0 Å². The van der Waals surface area contributed by atoms with Crippen LogP contribution in [0.2, 0.25) is 0 Å². The number of carbonyl (C=O) groups is 2. The highest BCUT2D eigenvalue weighted by atomic mass is 16.7. The van der Waals surface area contributed by atoms with Gasteiger partial charge in [-0.25, -0.2) is 5.43 Å². The number of nitrogens with zero attached hydrogens (tertiary/aromatic N) is 2. The molecule has 0 radical (unpaired) electrons. The van der Waals surface area contributed by atoms with Crippen LogP contribution in [-0.2, 0) is 6.54 Å². The first-order valence-electron chi connectivity index (χ1n) is 11.3. The van der Waals surface area contributed by atoms with Crippen molar-refractivity contribution in [2.24, 2.45) is 5.10 Å². The quantitative estimate of drug-likeness (QED) is 0.338. The van der Waals surface area contributed by atoms with Gasteiger partial charge in [0.1, 0.15) is 0 Å². The summed E-state index contributed by atoms with van der Waals surface area (Å²) >= 11 is 0. The first-order valence-corrected chi connectivity index (χ1v) is 11.3. The monoisotopic (exact) mass is 463 g/mol. The molecule has 4 aromatic carbocycles.